The Labute approximate surface area is 150 Å². The van der Waals surface area contributed by atoms with Crippen molar-refractivity contribution in [3.63, 3.8) is 0 Å². The number of halogens is 1. The molecular weight excluding hydrogens is 337 g/mol. The fourth-order valence-corrected chi connectivity index (χ4v) is 2.79. The number of nitrogens with zero attached hydrogens (tertiary/aromatic N) is 1. The van der Waals surface area contributed by atoms with Crippen LogP contribution in [0.5, 0.6) is 0 Å². The molecule has 0 radical (unpaired) electrons. The number of rotatable bonds is 3. The molecule has 1 atom stereocenters. The van der Waals surface area contributed by atoms with Gasteiger partial charge in [0.15, 0.2) is 0 Å². The number of anilines is 1. The molecule has 1 heterocycles. The smallest absolute Gasteiger partial charge is 0.272 e. The van der Waals surface area contributed by atoms with E-state index >= 15 is 0 Å². The van der Waals surface area contributed by atoms with Gasteiger partial charge in [-0.2, -0.15) is 0 Å². The van der Waals surface area contributed by atoms with Crippen LogP contribution < -0.4 is 15.8 Å². The zero-order valence-corrected chi connectivity index (χ0v) is 14.2. The Morgan fingerprint density at radius 2 is 1.77 bits per heavy atom. The van der Waals surface area contributed by atoms with Gasteiger partial charge < -0.3 is 4.90 Å². The first kappa shape index (κ1) is 17.6. The highest BCUT2D eigenvalue weighted by Crippen LogP contribution is 2.25. The zero-order valence-electron chi connectivity index (χ0n) is 14.2. The van der Waals surface area contributed by atoms with Crippen LogP contribution in [0.15, 0.2) is 48.5 Å². The Bertz CT molecular complexity index is 851. The highest BCUT2D eigenvalue weighted by atomic mass is 19.1. The molecule has 2 aromatic carbocycles. The third kappa shape index (κ3) is 3.72. The molecule has 2 N–H and O–H groups in total. The SMILES string of the molecule is Cc1ccc(N2C[C@H](C(=O)NNC(=O)c3ccccc3F)CC2=O)cc1. The fourth-order valence-electron chi connectivity index (χ4n) is 2.79. The largest absolute Gasteiger partial charge is 0.312 e. The number of hydrogen-bond donors (Lipinski definition) is 2. The third-order valence-electron chi connectivity index (χ3n) is 4.26. The lowest BCUT2D eigenvalue weighted by molar-refractivity contribution is -0.126. The van der Waals surface area contributed by atoms with Crippen molar-refractivity contribution in [2.24, 2.45) is 5.92 Å². The van der Waals surface area contributed by atoms with Crippen LogP contribution in [0.1, 0.15) is 22.3 Å². The summed E-state index contributed by atoms with van der Waals surface area (Å²) in [4.78, 5) is 37.9. The molecule has 3 rings (SSSR count). The van der Waals surface area contributed by atoms with Crippen molar-refractivity contribution in [1.29, 1.82) is 0 Å². The number of hydrogen-bond acceptors (Lipinski definition) is 3. The molecule has 6 nitrogen and oxygen atoms in total. The molecule has 0 aliphatic carbocycles. The Balaban J connectivity index is 1.59. The number of hydrazine groups is 1. The quantitative estimate of drug-likeness (QED) is 0.826. The van der Waals surface area contributed by atoms with E-state index in [1.54, 1.807) is 4.90 Å². The van der Waals surface area contributed by atoms with Gasteiger partial charge >= 0.3 is 0 Å². The molecule has 0 spiro atoms. The Kier molecular flexibility index (Phi) is 4.97. The topological polar surface area (TPSA) is 78.5 Å². The lowest BCUT2D eigenvalue weighted by Gasteiger charge is -2.17. The number of carbonyl (C=O) groups is 3. The minimum Gasteiger partial charge on any atom is -0.312 e. The lowest BCUT2D eigenvalue weighted by atomic mass is 10.1. The van der Waals surface area contributed by atoms with Crippen molar-refractivity contribution in [2.45, 2.75) is 13.3 Å². The van der Waals surface area contributed by atoms with Gasteiger partial charge in [-0.1, -0.05) is 29.8 Å². The van der Waals surface area contributed by atoms with Crippen molar-refractivity contribution in [3.05, 3.63) is 65.5 Å². The van der Waals surface area contributed by atoms with E-state index in [0.717, 1.165) is 17.3 Å². The molecule has 1 aliphatic rings. The van der Waals surface area contributed by atoms with Gasteiger partial charge in [0.05, 0.1) is 11.5 Å². The first-order chi connectivity index (χ1) is 12.5. The summed E-state index contributed by atoms with van der Waals surface area (Å²) in [5.74, 6) is -2.67. The number of amides is 3. The van der Waals surface area contributed by atoms with Crippen LogP contribution in [0.25, 0.3) is 0 Å². The fraction of sp³-hybridized carbons (Fsp3) is 0.211. The van der Waals surface area contributed by atoms with Gasteiger partial charge in [-0.15, -0.1) is 0 Å². The van der Waals surface area contributed by atoms with Crippen LogP contribution in [0.3, 0.4) is 0 Å². The summed E-state index contributed by atoms with van der Waals surface area (Å²) < 4.78 is 13.6. The second-order valence-electron chi connectivity index (χ2n) is 6.16. The Hall–Kier alpha value is -3.22. The maximum absolute atomic E-state index is 13.6. The highest BCUT2D eigenvalue weighted by molar-refractivity contribution is 6.01. The normalized spacial score (nSPS) is 16.5. The van der Waals surface area contributed by atoms with Gasteiger partial charge in [-0.25, -0.2) is 4.39 Å². The van der Waals surface area contributed by atoms with E-state index in [1.807, 2.05) is 31.2 Å². The molecule has 3 amide bonds. The van der Waals surface area contributed by atoms with Crippen molar-refractivity contribution < 1.29 is 18.8 Å². The molecule has 2 aromatic rings. The molecule has 0 aromatic heterocycles. The molecule has 26 heavy (non-hydrogen) atoms. The molecular formula is C19H18FN3O3. The van der Waals surface area contributed by atoms with Crippen LogP contribution in [0.2, 0.25) is 0 Å². The monoisotopic (exact) mass is 355 g/mol. The van der Waals surface area contributed by atoms with E-state index in [0.29, 0.717) is 0 Å². The summed E-state index contributed by atoms with van der Waals surface area (Å²) >= 11 is 0. The van der Waals surface area contributed by atoms with E-state index in [-0.39, 0.29) is 24.4 Å². The van der Waals surface area contributed by atoms with E-state index in [2.05, 4.69) is 10.9 Å². The summed E-state index contributed by atoms with van der Waals surface area (Å²) in [6.45, 7) is 2.17. The summed E-state index contributed by atoms with van der Waals surface area (Å²) in [5, 5.41) is 0. The second-order valence-corrected chi connectivity index (χ2v) is 6.16. The Morgan fingerprint density at radius 3 is 2.46 bits per heavy atom. The highest BCUT2D eigenvalue weighted by Gasteiger charge is 2.35. The van der Waals surface area contributed by atoms with Gasteiger partial charge in [0.2, 0.25) is 11.8 Å². The first-order valence-corrected chi connectivity index (χ1v) is 8.17. The van der Waals surface area contributed by atoms with Crippen LogP contribution in [-0.4, -0.2) is 24.3 Å². The molecule has 134 valence electrons. The van der Waals surface area contributed by atoms with Gasteiger partial charge in [0.1, 0.15) is 5.82 Å². The van der Waals surface area contributed by atoms with Gasteiger partial charge in [-0.05, 0) is 31.2 Å². The summed E-state index contributed by atoms with van der Waals surface area (Å²) in [5.41, 5.74) is 6.09. The number of carbonyl (C=O) groups excluding carboxylic acids is 3. The minimum absolute atomic E-state index is 0.0509. The van der Waals surface area contributed by atoms with E-state index < -0.39 is 23.5 Å². The van der Waals surface area contributed by atoms with E-state index in [4.69, 9.17) is 0 Å². The van der Waals surface area contributed by atoms with Gasteiger partial charge in [0.25, 0.3) is 5.91 Å². The first-order valence-electron chi connectivity index (χ1n) is 8.17. The second kappa shape index (κ2) is 7.35. The molecule has 0 unspecified atom stereocenters. The number of nitrogens with one attached hydrogen (secondary N) is 2. The minimum atomic E-state index is -0.754. The van der Waals surface area contributed by atoms with Gasteiger partial charge in [-0.3, -0.25) is 25.2 Å². The maximum atomic E-state index is 13.6. The predicted octanol–water partition coefficient (Wildman–Crippen LogP) is 1.95. The third-order valence-corrected chi connectivity index (χ3v) is 4.26. The summed E-state index contributed by atoms with van der Waals surface area (Å²) in [7, 11) is 0. The van der Waals surface area contributed by atoms with E-state index in [9.17, 15) is 18.8 Å². The summed E-state index contributed by atoms with van der Waals surface area (Å²) in [6.07, 6.45) is 0.0509. The molecule has 1 aliphatic heterocycles. The average Bonchev–Trinajstić information content (AvgIpc) is 3.02. The lowest BCUT2D eigenvalue weighted by Crippen LogP contribution is -2.45. The predicted molar refractivity (Wildman–Crippen MR) is 93.6 cm³/mol. The molecule has 0 saturated carbocycles. The van der Waals surface area contributed by atoms with Crippen molar-refractivity contribution in [1.82, 2.24) is 10.9 Å². The maximum Gasteiger partial charge on any atom is 0.272 e. The number of aryl methyl sites for hydroxylation is 1. The van der Waals surface area contributed by atoms with Crippen molar-refractivity contribution >= 4 is 23.4 Å². The average molecular weight is 355 g/mol. The van der Waals surface area contributed by atoms with E-state index in [1.165, 1.54) is 18.2 Å². The van der Waals surface area contributed by atoms with Crippen LogP contribution in [-0.2, 0) is 9.59 Å². The number of benzene rings is 2. The standard InChI is InChI=1S/C19H18FN3O3/c1-12-6-8-14(9-7-12)23-11-13(10-17(23)24)18(25)21-22-19(26)15-4-2-3-5-16(15)20/h2-9,13H,10-11H2,1H3,(H,21,25)(H,22,26)/t13-/m1/s1. The van der Waals surface area contributed by atoms with Gasteiger partial charge in [0, 0.05) is 18.7 Å². The molecule has 1 saturated heterocycles. The van der Waals surface area contributed by atoms with Crippen LogP contribution in [0, 0.1) is 18.7 Å². The Morgan fingerprint density at radius 1 is 1.08 bits per heavy atom. The van der Waals surface area contributed by atoms with Crippen LogP contribution in [0.4, 0.5) is 10.1 Å². The molecule has 1 fully saturated rings. The zero-order chi connectivity index (χ0) is 18.7. The molecule has 0 bridgehead atoms. The van der Waals surface area contributed by atoms with Crippen molar-refractivity contribution in [2.75, 3.05) is 11.4 Å². The van der Waals surface area contributed by atoms with Crippen LogP contribution >= 0.6 is 0 Å². The van der Waals surface area contributed by atoms with Crippen molar-refractivity contribution in [3.8, 4) is 0 Å². The summed E-state index contributed by atoms with van der Waals surface area (Å²) in [6, 6.07) is 12.9. The molecule has 7 heteroatoms.